The molecule has 2 aromatic rings. The van der Waals surface area contributed by atoms with Crippen LogP contribution in [0.2, 0.25) is 0 Å². The van der Waals surface area contributed by atoms with Crippen molar-refractivity contribution in [1.29, 1.82) is 0 Å². The number of ether oxygens (including phenoxy) is 2. The Morgan fingerprint density at radius 2 is 1.85 bits per heavy atom. The first-order chi connectivity index (χ1) is 12.7. The zero-order chi connectivity index (χ0) is 18.2. The van der Waals surface area contributed by atoms with Crippen LogP contribution in [0.15, 0.2) is 54.6 Å². The van der Waals surface area contributed by atoms with Crippen LogP contribution in [0.5, 0.6) is 5.75 Å². The van der Waals surface area contributed by atoms with Crippen molar-refractivity contribution in [3.8, 4) is 5.75 Å². The van der Waals surface area contributed by atoms with Crippen molar-refractivity contribution in [3.63, 3.8) is 0 Å². The number of benzene rings is 2. The molecular weight excluding hydrogens is 370 g/mol. The van der Waals surface area contributed by atoms with Gasteiger partial charge in [-0.05, 0) is 24.3 Å². The Bertz CT molecular complexity index is 752. The average molecular weight is 392 g/mol. The summed E-state index contributed by atoms with van der Waals surface area (Å²) in [5.41, 5.74) is 1.30. The van der Waals surface area contributed by atoms with Crippen LogP contribution >= 0.6 is 12.4 Å². The molecule has 144 valence electrons. The number of morpholine rings is 1. The minimum Gasteiger partial charge on any atom is -0.484 e. The van der Waals surface area contributed by atoms with E-state index in [0.29, 0.717) is 30.3 Å². The highest BCUT2D eigenvalue weighted by molar-refractivity contribution is 5.94. The predicted molar refractivity (Wildman–Crippen MR) is 105 cm³/mol. The Balaban J connectivity index is 0.00000261. The number of hydrogen-bond acceptors (Lipinski definition) is 5. The smallest absolute Gasteiger partial charge is 0.262 e. The molecule has 1 atom stereocenters. The third-order valence-electron chi connectivity index (χ3n) is 3.75. The molecular formula is C19H22ClN3O4. The number of carbonyl (C=O) groups excluding carboxylic acids is 2. The Labute approximate surface area is 163 Å². The molecule has 1 saturated heterocycles. The molecule has 27 heavy (non-hydrogen) atoms. The van der Waals surface area contributed by atoms with E-state index in [1.807, 2.05) is 18.2 Å². The molecule has 3 N–H and O–H groups in total. The number of rotatable bonds is 6. The van der Waals surface area contributed by atoms with Crippen LogP contribution in [0.25, 0.3) is 0 Å². The first-order valence-electron chi connectivity index (χ1n) is 8.42. The first-order valence-corrected chi connectivity index (χ1v) is 8.42. The van der Waals surface area contributed by atoms with Crippen molar-refractivity contribution in [2.24, 2.45) is 0 Å². The molecule has 2 amide bonds. The second-order valence-corrected chi connectivity index (χ2v) is 5.78. The van der Waals surface area contributed by atoms with E-state index in [1.165, 1.54) is 0 Å². The van der Waals surface area contributed by atoms with Gasteiger partial charge in [-0.2, -0.15) is 0 Å². The molecule has 2 aromatic carbocycles. The standard InChI is InChI=1S/C19H21N3O4.ClH/c23-18(21-14-5-2-1-3-6-14)13-26-16-8-4-7-15(11-16)22-19(24)17-12-20-9-10-25-17;/h1-8,11,17,20H,9-10,12-13H2,(H,21,23)(H,22,24);1H. The number of nitrogens with one attached hydrogen (secondary N) is 3. The van der Waals surface area contributed by atoms with Crippen molar-refractivity contribution in [1.82, 2.24) is 5.32 Å². The van der Waals surface area contributed by atoms with E-state index in [9.17, 15) is 9.59 Å². The molecule has 0 aromatic heterocycles. The lowest BCUT2D eigenvalue weighted by Crippen LogP contribution is -2.45. The van der Waals surface area contributed by atoms with Gasteiger partial charge in [0.05, 0.1) is 6.61 Å². The van der Waals surface area contributed by atoms with Gasteiger partial charge in [-0.15, -0.1) is 12.4 Å². The number of hydrogen-bond donors (Lipinski definition) is 3. The minimum absolute atomic E-state index is 0. The van der Waals surface area contributed by atoms with E-state index in [1.54, 1.807) is 36.4 Å². The van der Waals surface area contributed by atoms with Crippen molar-refractivity contribution < 1.29 is 19.1 Å². The molecule has 1 unspecified atom stereocenters. The fourth-order valence-electron chi connectivity index (χ4n) is 2.49. The first kappa shape index (κ1) is 20.7. The van der Waals surface area contributed by atoms with E-state index >= 15 is 0 Å². The lowest BCUT2D eigenvalue weighted by Gasteiger charge is -2.22. The van der Waals surface area contributed by atoms with Gasteiger partial charge >= 0.3 is 0 Å². The van der Waals surface area contributed by atoms with Crippen molar-refractivity contribution in [3.05, 3.63) is 54.6 Å². The molecule has 7 nitrogen and oxygen atoms in total. The summed E-state index contributed by atoms with van der Waals surface area (Å²) in [6.07, 6.45) is -0.509. The molecule has 0 radical (unpaired) electrons. The van der Waals surface area contributed by atoms with Crippen LogP contribution in [0.4, 0.5) is 11.4 Å². The monoisotopic (exact) mass is 391 g/mol. The third kappa shape index (κ3) is 6.56. The lowest BCUT2D eigenvalue weighted by atomic mass is 10.2. The summed E-state index contributed by atoms with van der Waals surface area (Å²) in [4.78, 5) is 24.1. The molecule has 1 heterocycles. The van der Waals surface area contributed by atoms with E-state index in [0.717, 1.165) is 6.54 Å². The summed E-state index contributed by atoms with van der Waals surface area (Å²) in [6, 6.07) is 16.1. The van der Waals surface area contributed by atoms with Gasteiger partial charge in [0.15, 0.2) is 6.61 Å². The molecule has 1 aliphatic heterocycles. The fraction of sp³-hybridized carbons (Fsp3) is 0.263. The van der Waals surface area contributed by atoms with E-state index in [2.05, 4.69) is 16.0 Å². The second kappa shape index (κ2) is 10.5. The van der Waals surface area contributed by atoms with Gasteiger partial charge in [0.25, 0.3) is 11.8 Å². The van der Waals surface area contributed by atoms with Crippen LogP contribution < -0.4 is 20.7 Å². The zero-order valence-corrected chi connectivity index (χ0v) is 15.5. The van der Waals surface area contributed by atoms with Crippen LogP contribution in [0.3, 0.4) is 0 Å². The van der Waals surface area contributed by atoms with Crippen LogP contribution in [-0.2, 0) is 14.3 Å². The lowest BCUT2D eigenvalue weighted by molar-refractivity contribution is -0.128. The summed E-state index contributed by atoms with van der Waals surface area (Å²) in [5.74, 6) is 0.0252. The van der Waals surface area contributed by atoms with Crippen molar-refractivity contribution in [2.75, 3.05) is 36.9 Å². The minimum atomic E-state index is -0.509. The van der Waals surface area contributed by atoms with E-state index in [-0.39, 0.29) is 30.8 Å². The highest BCUT2D eigenvalue weighted by Gasteiger charge is 2.21. The molecule has 3 rings (SSSR count). The molecule has 1 aliphatic rings. The average Bonchev–Trinajstić information content (AvgIpc) is 2.68. The van der Waals surface area contributed by atoms with Gasteiger partial charge in [-0.1, -0.05) is 24.3 Å². The Morgan fingerprint density at radius 1 is 1.07 bits per heavy atom. The highest BCUT2D eigenvalue weighted by Crippen LogP contribution is 2.18. The van der Waals surface area contributed by atoms with Gasteiger partial charge < -0.3 is 25.4 Å². The van der Waals surface area contributed by atoms with Gasteiger partial charge in [-0.25, -0.2) is 0 Å². The quantitative estimate of drug-likeness (QED) is 0.701. The van der Waals surface area contributed by atoms with Crippen LogP contribution in [0.1, 0.15) is 0 Å². The Hall–Kier alpha value is -2.61. The predicted octanol–water partition coefficient (Wildman–Crippen LogP) is 2.05. The second-order valence-electron chi connectivity index (χ2n) is 5.78. The largest absolute Gasteiger partial charge is 0.484 e. The highest BCUT2D eigenvalue weighted by atomic mass is 35.5. The van der Waals surface area contributed by atoms with Crippen molar-refractivity contribution in [2.45, 2.75) is 6.10 Å². The summed E-state index contributed by atoms with van der Waals surface area (Å²) in [7, 11) is 0. The Morgan fingerprint density at radius 3 is 2.59 bits per heavy atom. The summed E-state index contributed by atoms with van der Waals surface area (Å²) < 4.78 is 10.9. The molecule has 8 heteroatoms. The van der Waals surface area contributed by atoms with Gasteiger partial charge in [0.2, 0.25) is 0 Å². The van der Waals surface area contributed by atoms with Gasteiger partial charge in [0.1, 0.15) is 11.9 Å². The summed E-state index contributed by atoms with van der Waals surface area (Å²) in [5, 5.41) is 8.65. The Kier molecular flexibility index (Phi) is 8.06. The normalized spacial score (nSPS) is 15.9. The molecule has 0 aliphatic carbocycles. The number of carbonyl (C=O) groups is 2. The SMILES string of the molecule is Cl.O=C(COc1cccc(NC(=O)C2CNCCO2)c1)Nc1ccccc1. The summed E-state index contributed by atoms with van der Waals surface area (Å²) >= 11 is 0. The maximum absolute atomic E-state index is 12.2. The zero-order valence-electron chi connectivity index (χ0n) is 14.6. The maximum atomic E-state index is 12.2. The summed E-state index contributed by atoms with van der Waals surface area (Å²) in [6.45, 7) is 1.62. The topological polar surface area (TPSA) is 88.7 Å². The third-order valence-corrected chi connectivity index (χ3v) is 3.75. The number of halogens is 1. The number of anilines is 2. The molecule has 0 spiro atoms. The van der Waals surface area contributed by atoms with Gasteiger partial charge in [-0.3, -0.25) is 9.59 Å². The molecule has 0 bridgehead atoms. The number of amides is 2. The van der Waals surface area contributed by atoms with E-state index in [4.69, 9.17) is 9.47 Å². The molecule has 1 fully saturated rings. The van der Waals surface area contributed by atoms with Gasteiger partial charge in [0, 0.05) is 30.5 Å². The maximum Gasteiger partial charge on any atom is 0.262 e. The van der Waals surface area contributed by atoms with Crippen LogP contribution in [-0.4, -0.2) is 44.2 Å². The van der Waals surface area contributed by atoms with E-state index < -0.39 is 6.10 Å². The number of para-hydroxylation sites is 1. The molecule has 0 saturated carbocycles. The van der Waals surface area contributed by atoms with Crippen LogP contribution in [0, 0.1) is 0 Å². The fourth-order valence-corrected chi connectivity index (χ4v) is 2.49. The van der Waals surface area contributed by atoms with Crippen molar-refractivity contribution >= 4 is 35.6 Å².